The molecule has 0 aliphatic heterocycles. The van der Waals surface area contributed by atoms with Crippen molar-refractivity contribution in [2.45, 2.75) is 0 Å². The van der Waals surface area contributed by atoms with E-state index in [-0.39, 0.29) is 16.9 Å². The average Bonchev–Trinajstić information content (AvgIpc) is 2.69. The molecule has 3 rings (SSSR count). The van der Waals surface area contributed by atoms with Crippen LogP contribution in [0.25, 0.3) is 0 Å². The lowest BCUT2D eigenvalue weighted by molar-refractivity contribution is 0.102. The maximum Gasteiger partial charge on any atom is 0.257 e. The molecule has 0 radical (unpaired) electrons. The predicted molar refractivity (Wildman–Crippen MR) is 94.8 cm³/mol. The first kappa shape index (κ1) is 18.2. The summed E-state index contributed by atoms with van der Waals surface area (Å²) in [6.07, 6.45) is 2.65. The summed E-state index contributed by atoms with van der Waals surface area (Å²) in [6.45, 7) is 0. The summed E-state index contributed by atoms with van der Waals surface area (Å²) in [4.78, 5) is 16.3. The maximum atomic E-state index is 13.8. The van der Waals surface area contributed by atoms with Crippen LogP contribution in [0.15, 0.2) is 54.9 Å². The Morgan fingerprint density at radius 3 is 2.41 bits per heavy atom. The molecule has 0 spiro atoms. The Bertz CT molecular complexity index is 978. The predicted octanol–water partition coefficient (Wildman–Crippen LogP) is 4.50. The standard InChI is InChI=1S/C19H14F3N3O2/c1-27-14-4-2-12(3-5-14)25-19(26)11-8-13(10-23-9-11)24-16-7-6-15(20)17(21)18(16)22/h2-10,24H,1H3,(H,25,26). The number of hydrogen-bond acceptors (Lipinski definition) is 4. The second kappa shape index (κ2) is 7.77. The van der Waals surface area contributed by atoms with Gasteiger partial charge in [-0.1, -0.05) is 0 Å². The molecule has 2 aromatic carbocycles. The quantitative estimate of drug-likeness (QED) is 0.647. The van der Waals surface area contributed by atoms with Gasteiger partial charge in [0.05, 0.1) is 30.2 Å². The third-order valence-corrected chi connectivity index (χ3v) is 3.66. The lowest BCUT2D eigenvalue weighted by Gasteiger charge is -2.10. The van der Waals surface area contributed by atoms with E-state index in [1.807, 2.05) is 0 Å². The van der Waals surface area contributed by atoms with Crippen molar-refractivity contribution in [1.29, 1.82) is 0 Å². The zero-order valence-corrected chi connectivity index (χ0v) is 14.1. The fraction of sp³-hybridized carbons (Fsp3) is 0.0526. The molecular formula is C19H14F3N3O2. The third-order valence-electron chi connectivity index (χ3n) is 3.66. The van der Waals surface area contributed by atoms with Crippen LogP contribution in [0, 0.1) is 17.5 Å². The molecule has 5 nitrogen and oxygen atoms in total. The molecule has 0 saturated heterocycles. The highest BCUT2D eigenvalue weighted by atomic mass is 19.2. The largest absolute Gasteiger partial charge is 0.497 e. The minimum absolute atomic E-state index is 0.193. The number of carbonyl (C=O) groups excluding carboxylic acids is 1. The molecule has 1 heterocycles. The topological polar surface area (TPSA) is 63.2 Å². The normalized spacial score (nSPS) is 10.4. The summed E-state index contributed by atoms with van der Waals surface area (Å²) in [5.41, 5.74) is 0.704. The van der Waals surface area contributed by atoms with Gasteiger partial charge in [-0.25, -0.2) is 13.2 Å². The third kappa shape index (κ3) is 4.17. The van der Waals surface area contributed by atoms with Crippen LogP contribution in [-0.2, 0) is 0 Å². The van der Waals surface area contributed by atoms with E-state index in [0.717, 1.165) is 12.1 Å². The SMILES string of the molecule is COc1ccc(NC(=O)c2cncc(Nc3ccc(F)c(F)c3F)c2)cc1. The number of methoxy groups -OCH3 is 1. The number of carbonyl (C=O) groups is 1. The molecule has 0 saturated carbocycles. The fourth-order valence-corrected chi connectivity index (χ4v) is 2.29. The molecule has 27 heavy (non-hydrogen) atoms. The number of ether oxygens (including phenoxy) is 1. The van der Waals surface area contributed by atoms with Crippen molar-refractivity contribution >= 4 is 23.0 Å². The van der Waals surface area contributed by atoms with Crippen LogP contribution in [0.1, 0.15) is 10.4 Å². The Hall–Kier alpha value is -3.55. The van der Waals surface area contributed by atoms with E-state index in [2.05, 4.69) is 15.6 Å². The summed E-state index contributed by atoms with van der Waals surface area (Å²) in [7, 11) is 1.54. The van der Waals surface area contributed by atoms with E-state index in [1.165, 1.54) is 25.6 Å². The first-order valence-corrected chi connectivity index (χ1v) is 7.79. The molecule has 8 heteroatoms. The number of benzene rings is 2. The van der Waals surface area contributed by atoms with Crippen LogP contribution < -0.4 is 15.4 Å². The van der Waals surface area contributed by atoms with Gasteiger partial charge in [0, 0.05) is 11.9 Å². The second-order valence-electron chi connectivity index (χ2n) is 5.49. The van der Waals surface area contributed by atoms with Gasteiger partial charge in [0.15, 0.2) is 17.5 Å². The molecule has 138 valence electrons. The molecule has 1 aromatic heterocycles. The van der Waals surface area contributed by atoms with Gasteiger partial charge in [-0.15, -0.1) is 0 Å². The average molecular weight is 373 g/mol. The molecule has 3 aromatic rings. The van der Waals surface area contributed by atoms with E-state index in [9.17, 15) is 18.0 Å². The van der Waals surface area contributed by atoms with Gasteiger partial charge < -0.3 is 15.4 Å². The summed E-state index contributed by atoms with van der Waals surface area (Å²) in [6, 6.07) is 9.99. The maximum absolute atomic E-state index is 13.8. The Labute approximate surface area is 152 Å². The lowest BCUT2D eigenvalue weighted by atomic mass is 10.2. The molecule has 0 aliphatic carbocycles. The first-order valence-electron chi connectivity index (χ1n) is 7.79. The number of amides is 1. The number of anilines is 3. The van der Waals surface area contributed by atoms with Crippen molar-refractivity contribution < 1.29 is 22.7 Å². The molecule has 0 unspecified atom stereocenters. The Balaban J connectivity index is 1.76. The van der Waals surface area contributed by atoms with E-state index in [0.29, 0.717) is 11.4 Å². The highest BCUT2D eigenvalue weighted by molar-refractivity contribution is 6.04. The highest BCUT2D eigenvalue weighted by Crippen LogP contribution is 2.24. The van der Waals surface area contributed by atoms with Crippen LogP contribution >= 0.6 is 0 Å². The second-order valence-corrected chi connectivity index (χ2v) is 5.49. The number of aromatic nitrogens is 1. The minimum atomic E-state index is -1.58. The van der Waals surface area contributed by atoms with Crippen LogP contribution in [0.2, 0.25) is 0 Å². The van der Waals surface area contributed by atoms with Crippen molar-refractivity contribution in [3.05, 3.63) is 77.9 Å². The Kier molecular flexibility index (Phi) is 5.25. The summed E-state index contributed by atoms with van der Waals surface area (Å²) in [5, 5.41) is 5.26. The smallest absolute Gasteiger partial charge is 0.257 e. The number of pyridine rings is 1. The van der Waals surface area contributed by atoms with Crippen molar-refractivity contribution in [3.8, 4) is 5.75 Å². The number of nitrogens with one attached hydrogen (secondary N) is 2. The molecule has 1 amide bonds. The monoisotopic (exact) mass is 373 g/mol. The van der Waals surface area contributed by atoms with E-state index in [4.69, 9.17) is 4.74 Å². The van der Waals surface area contributed by atoms with Crippen molar-refractivity contribution in [2.24, 2.45) is 0 Å². The molecule has 0 atom stereocenters. The van der Waals surface area contributed by atoms with Gasteiger partial charge in [0.25, 0.3) is 5.91 Å². The summed E-state index contributed by atoms with van der Waals surface area (Å²) < 4.78 is 45.1. The highest BCUT2D eigenvalue weighted by Gasteiger charge is 2.14. The van der Waals surface area contributed by atoms with Gasteiger partial charge >= 0.3 is 0 Å². The number of rotatable bonds is 5. The Morgan fingerprint density at radius 2 is 1.70 bits per heavy atom. The summed E-state index contributed by atoms with van der Waals surface area (Å²) in [5.74, 6) is -4.02. The van der Waals surface area contributed by atoms with E-state index >= 15 is 0 Å². The van der Waals surface area contributed by atoms with Gasteiger partial charge in [-0.3, -0.25) is 9.78 Å². The minimum Gasteiger partial charge on any atom is -0.497 e. The van der Waals surface area contributed by atoms with Crippen molar-refractivity contribution in [2.75, 3.05) is 17.7 Å². The zero-order valence-electron chi connectivity index (χ0n) is 14.1. The zero-order chi connectivity index (χ0) is 19.4. The lowest BCUT2D eigenvalue weighted by Crippen LogP contribution is -2.12. The van der Waals surface area contributed by atoms with E-state index in [1.54, 1.807) is 24.3 Å². The first-order chi connectivity index (χ1) is 13.0. The Morgan fingerprint density at radius 1 is 0.963 bits per heavy atom. The molecular weight excluding hydrogens is 359 g/mol. The van der Waals surface area contributed by atoms with Crippen molar-refractivity contribution in [1.82, 2.24) is 4.98 Å². The molecule has 0 aliphatic rings. The number of nitrogens with zero attached hydrogens (tertiary/aromatic N) is 1. The number of halogens is 3. The van der Waals surface area contributed by atoms with Gasteiger partial charge in [0.2, 0.25) is 0 Å². The molecule has 2 N–H and O–H groups in total. The van der Waals surface area contributed by atoms with Crippen molar-refractivity contribution in [3.63, 3.8) is 0 Å². The summed E-state index contributed by atoms with van der Waals surface area (Å²) >= 11 is 0. The van der Waals surface area contributed by atoms with Gasteiger partial charge in [-0.2, -0.15) is 0 Å². The van der Waals surface area contributed by atoms with Crippen LogP contribution in [0.4, 0.5) is 30.2 Å². The van der Waals surface area contributed by atoms with Crippen LogP contribution in [0.5, 0.6) is 5.75 Å². The van der Waals surface area contributed by atoms with Gasteiger partial charge in [-0.05, 0) is 42.5 Å². The number of hydrogen-bond donors (Lipinski definition) is 2. The van der Waals surface area contributed by atoms with Gasteiger partial charge in [0.1, 0.15) is 5.75 Å². The molecule has 0 fully saturated rings. The molecule has 0 bridgehead atoms. The van der Waals surface area contributed by atoms with Crippen LogP contribution in [0.3, 0.4) is 0 Å². The van der Waals surface area contributed by atoms with E-state index < -0.39 is 23.4 Å². The fourth-order valence-electron chi connectivity index (χ4n) is 2.29. The van der Waals surface area contributed by atoms with Crippen LogP contribution in [-0.4, -0.2) is 18.0 Å².